The summed E-state index contributed by atoms with van der Waals surface area (Å²) in [6.45, 7) is 1.88. The maximum absolute atomic E-state index is 11.1. The van der Waals surface area contributed by atoms with E-state index < -0.39 is 11.9 Å². The highest BCUT2D eigenvalue weighted by Crippen LogP contribution is 2.27. The van der Waals surface area contributed by atoms with Gasteiger partial charge in [0.25, 0.3) is 0 Å². The molecular weight excluding hydrogens is 278 g/mol. The highest BCUT2D eigenvalue weighted by Gasteiger charge is 2.13. The summed E-state index contributed by atoms with van der Waals surface area (Å²) in [7, 11) is 0. The van der Waals surface area contributed by atoms with Crippen molar-refractivity contribution < 1.29 is 9.52 Å². The number of fused-ring (bicyclic) bond motifs is 1. The third-order valence-corrected chi connectivity index (χ3v) is 3.68. The van der Waals surface area contributed by atoms with Crippen molar-refractivity contribution in [3.8, 4) is 0 Å². The van der Waals surface area contributed by atoms with E-state index in [9.17, 15) is 9.90 Å². The number of oxazole rings is 1. The highest BCUT2D eigenvalue weighted by atomic mass is 35.5. The van der Waals surface area contributed by atoms with E-state index in [0.717, 1.165) is 11.1 Å². The molecule has 0 aliphatic rings. The number of hydrogen-bond acceptors (Lipinski definition) is 3. The summed E-state index contributed by atoms with van der Waals surface area (Å²) in [6, 6.07) is 10.5. The van der Waals surface area contributed by atoms with E-state index in [2.05, 4.69) is 4.98 Å². The van der Waals surface area contributed by atoms with Crippen LogP contribution in [0.1, 0.15) is 22.8 Å². The maximum atomic E-state index is 11.1. The van der Waals surface area contributed by atoms with Crippen LogP contribution in [0.4, 0.5) is 0 Å². The highest BCUT2D eigenvalue weighted by molar-refractivity contribution is 6.31. The lowest BCUT2D eigenvalue weighted by atomic mass is 10.00. The quantitative estimate of drug-likeness (QED) is 0.761. The first-order valence-corrected chi connectivity index (χ1v) is 6.49. The molecule has 4 nitrogen and oxygen atoms in total. The van der Waals surface area contributed by atoms with Crippen LogP contribution in [-0.2, 0) is 0 Å². The van der Waals surface area contributed by atoms with Gasteiger partial charge in [-0.2, -0.15) is 0 Å². The van der Waals surface area contributed by atoms with Crippen molar-refractivity contribution in [1.29, 1.82) is 0 Å². The lowest BCUT2D eigenvalue weighted by Crippen LogP contribution is -1.99. The maximum Gasteiger partial charge on any atom is 0.417 e. The minimum Gasteiger partial charge on any atom is -0.408 e. The number of H-pyrrole nitrogens is 1. The summed E-state index contributed by atoms with van der Waals surface area (Å²) in [5, 5.41) is 11.1. The van der Waals surface area contributed by atoms with E-state index in [1.54, 1.807) is 30.3 Å². The average Bonchev–Trinajstić information content (AvgIpc) is 2.80. The van der Waals surface area contributed by atoms with Crippen LogP contribution in [0.2, 0.25) is 5.02 Å². The fourth-order valence-electron chi connectivity index (χ4n) is 2.16. The predicted molar refractivity (Wildman–Crippen MR) is 77.1 cm³/mol. The molecule has 1 unspecified atom stereocenters. The summed E-state index contributed by atoms with van der Waals surface area (Å²) in [5.41, 5.74) is 3.33. The molecular formula is C15H12ClNO3. The molecule has 0 saturated heterocycles. The normalized spacial score (nSPS) is 12.8. The zero-order chi connectivity index (χ0) is 14.3. The number of benzene rings is 2. The van der Waals surface area contributed by atoms with E-state index in [0.29, 0.717) is 21.7 Å². The summed E-state index contributed by atoms with van der Waals surface area (Å²) >= 11 is 5.98. The summed E-state index contributed by atoms with van der Waals surface area (Å²) in [5.74, 6) is -0.506. The fourth-order valence-corrected chi connectivity index (χ4v) is 2.28. The van der Waals surface area contributed by atoms with Crippen LogP contribution in [0.15, 0.2) is 45.6 Å². The molecule has 102 valence electrons. The van der Waals surface area contributed by atoms with Gasteiger partial charge in [0.05, 0.1) is 5.52 Å². The van der Waals surface area contributed by atoms with Crippen LogP contribution >= 0.6 is 11.6 Å². The topological polar surface area (TPSA) is 66.2 Å². The summed E-state index contributed by atoms with van der Waals surface area (Å²) in [6.07, 6.45) is -0.796. The summed E-state index contributed by atoms with van der Waals surface area (Å²) < 4.78 is 4.99. The number of aliphatic hydroxyl groups excluding tert-OH is 1. The van der Waals surface area contributed by atoms with Gasteiger partial charge in [-0.15, -0.1) is 0 Å². The van der Waals surface area contributed by atoms with Crippen LogP contribution < -0.4 is 5.76 Å². The third-order valence-electron chi connectivity index (χ3n) is 3.26. The van der Waals surface area contributed by atoms with Crippen LogP contribution in [-0.4, -0.2) is 10.1 Å². The standard InChI is InChI=1S/C15H12ClNO3/c1-8-6-9(2-4-11(8)16)14(18)10-3-5-12-13(7-10)20-15(19)17-12/h2-7,14,18H,1H3,(H,17,19). The number of rotatable bonds is 2. The molecule has 0 amide bonds. The number of nitrogens with one attached hydrogen (secondary N) is 1. The molecule has 1 aromatic heterocycles. The Morgan fingerprint density at radius 1 is 1.20 bits per heavy atom. The van der Waals surface area contributed by atoms with Crippen molar-refractivity contribution in [2.75, 3.05) is 0 Å². The zero-order valence-corrected chi connectivity index (χ0v) is 11.4. The van der Waals surface area contributed by atoms with Crippen LogP contribution in [0.5, 0.6) is 0 Å². The first-order valence-electron chi connectivity index (χ1n) is 6.11. The molecule has 3 aromatic rings. The Labute approximate surface area is 119 Å². The SMILES string of the molecule is Cc1cc(C(O)c2ccc3[nH]c(=O)oc3c2)ccc1Cl. The Morgan fingerprint density at radius 2 is 1.90 bits per heavy atom. The van der Waals surface area contributed by atoms with Gasteiger partial charge in [0.1, 0.15) is 6.10 Å². The molecule has 0 aliphatic heterocycles. The van der Waals surface area contributed by atoms with Crippen molar-refractivity contribution in [2.45, 2.75) is 13.0 Å². The lowest BCUT2D eigenvalue weighted by molar-refractivity contribution is 0.220. The van der Waals surface area contributed by atoms with Crippen LogP contribution in [0, 0.1) is 6.92 Å². The second-order valence-electron chi connectivity index (χ2n) is 4.68. The number of hydrogen-bond donors (Lipinski definition) is 2. The van der Waals surface area contributed by atoms with E-state index in [4.69, 9.17) is 16.0 Å². The second kappa shape index (κ2) is 4.81. The summed E-state index contributed by atoms with van der Waals surface area (Å²) in [4.78, 5) is 13.7. The minimum atomic E-state index is -0.796. The number of halogens is 1. The second-order valence-corrected chi connectivity index (χ2v) is 5.09. The van der Waals surface area contributed by atoms with Gasteiger partial charge in [-0.1, -0.05) is 29.8 Å². The van der Waals surface area contributed by atoms with Gasteiger partial charge in [-0.25, -0.2) is 4.79 Å². The fraction of sp³-hybridized carbons (Fsp3) is 0.133. The number of aromatic amines is 1. The van der Waals surface area contributed by atoms with Crippen molar-refractivity contribution in [3.05, 3.63) is 68.7 Å². The van der Waals surface area contributed by atoms with Crippen molar-refractivity contribution in [3.63, 3.8) is 0 Å². The van der Waals surface area contributed by atoms with Gasteiger partial charge in [0.2, 0.25) is 0 Å². The van der Waals surface area contributed by atoms with Crippen molar-refractivity contribution >= 4 is 22.7 Å². The number of aryl methyl sites for hydroxylation is 1. The molecule has 2 N–H and O–H groups in total. The molecule has 0 radical (unpaired) electrons. The third kappa shape index (κ3) is 2.24. The van der Waals surface area contributed by atoms with Gasteiger partial charge in [0.15, 0.2) is 5.58 Å². The van der Waals surface area contributed by atoms with Gasteiger partial charge in [-0.3, -0.25) is 4.98 Å². The first kappa shape index (κ1) is 13.0. The van der Waals surface area contributed by atoms with Crippen LogP contribution in [0.25, 0.3) is 11.1 Å². The molecule has 0 fully saturated rings. The van der Waals surface area contributed by atoms with Crippen molar-refractivity contribution in [1.82, 2.24) is 4.98 Å². The molecule has 1 atom stereocenters. The van der Waals surface area contributed by atoms with Crippen molar-refractivity contribution in [2.24, 2.45) is 0 Å². The van der Waals surface area contributed by atoms with E-state index in [-0.39, 0.29) is 0 Å². The minimum absolute atomic E-state index is 0.428. The smallest absolute Gasteiger partial charge is 0.408 e. The largest absolute Gasteiger partial charge is 0.417 e. The van der Waals surface area contributed by atoms with E-state index in [1.807, 2.05) is 13.0 Å². The molecule has 0 bridgehead atoms. The molecule has 3 rings (SSSR count). The van der Waals surface area contributed by atoms with Gasteiger partial charge in [0, 0.05) is 5.02 Å². The van der Waals surface area contributed by atoms with Gasteiger partial charge >= 0.3 is 5.76 Å². The lowest BCUT2D eigenvalue weighted by Gasteiger charge is -2.12. The molecule has 0 spiro atoms. The molecule has 20 heavy (non-hydrogen) atoms. The Bertz CT molecular complexity index is 834. The van der Waals surface area contributed by atoms with Gasteiger partial charge < -0.3 is 9.52 Å². The molecule has 1 heterocycles. The Balaban J connectivity index is 2.04. The Kier molecular flexibility index (Phi) is 3.12. The average molecular weight is 290 g/mol. The van der Waals surface area contributed by atoms with E-state index in [1.165, 1.54) is 0 Å². The monoisotopic (exact) mass is 289 g/mol. The number of aromatic nitrogens is 1. The first-order chi connectivity index (χ1) is 9.54. The molecule has 2 aromatic carbocycles. The Hall–Kier alpha value is -2.04. The molecule has 0 aliphatic carbocycles. The zero-order valence-electron chi connectivity index (χ0n) is 10.7. The molecule has 0 saturated carbocycles. The number of aliphatic hydroxyl groups is 1. The van der Waals surface area contributed by atoms with E-state index >= 15 is 0 Å². The Morgan fingerprint density at radius 3 is 2.65 bits per heavy atom. The van der Waals surface area contributed by atoms with Gasteiger partial charge in [-0.05, 0) is 41.8 Å². The molecule has 5 heteroatoms. The predicted octanol–water partition coefficient (Wildman–Crippen LogP) is 3.16. The van der Waals surface area contributed by atoms with Crippen LogP contribution in [0.3, 0.4) is 0 Å².